The van der Waals surface area contributed by atoms with Crippen molar-refractivity contribution in [3.63, 3.8) is 0 Å². The molecule has 0 spiro atoms. The molecule has 0 amide bonds. The fraction of sp³-hybridized carbons (Fsp3) is 0.300. The molecule has 0 saturated heterocycles. The molecular formula is C10H17N6PS. The van der Waals surface area contributed by atoms with Crippen molar-refractivity contribution >= 4 is 24.1 Å². The van der Waals surface area contributed by atoms with E-state index in [0.29, 0.717) is 0 Å². The second kappa shape index (κ2) is 4.95. The summed E-state index contributed by atoms with van der Waals surface area (Å²) < 4.78 is 5.17. The Bertz CT molecular complexity index is 502. The summed E-state index contributed by atoms with van der Waals surface area (Å²) in [4.78, 5) is 0. The van der Waals surface area contributed by atoms with E-state index in [1.807, 2.05) is 49.2 Å². The molecule has 0 aromatic heterocycles. The number of rotatable bonds is 2. The van der Waals surface area contributed by atoms with Crippen molar-refractivity contribution in [3.05, 3.63) is 35.9 Å². The van der Waals surface area contributed by atoms with Crippen molar-refractivity contribution in [2.75, 3.05) is 21.1 Å². The molecule has 3 N–H and O–H groups in total. The normalized spacial score (nSPS) is 24.9. The number of amidine groups is 1. The lowest BCUT2D eigenvalue weighted by molar-refractivity contribution is 0.356. The Morgan fingerprint density at radius 1 is 1.33 bits per heavy atom. The highest BCUT2D eigenvalue weighted by molar-refractivity contribution is 8.11. The highest BCUT2D eigenvalue weighted by atomic mass is 32.4. The van der Waals surface area contributed by atoms with Gasteiger partial charge < -0.3 is 0 Å². The molecule has 1 aliphatic heterocycles. The fourth-order valence-corrected chi connectivity index (χ4v) is 3.65. The average molecular weight is 284 g/mol. The van der Waals surface area contributed by atoms with Crippen molar-refractivity contribution in [1.29, 1.82) is 0 Å². The first-order chi connectivity index (χ1) is 8.46. The van der Waals surface area contributed by atoms with Crippen LogP contribution in [0.25, 0.3) is 0 Å². The van der Waals surface area contributed by atoms with Gasteiger partial charge in [-0.15, -0.1) is 0 Å². The molecule has 0 aliphatic carbocycles. The van der Waals surface area contributed by atoms with Gasteiger partial charge in [-0.1, -0.05) is 30.3 Å². The molecular weight excluding hydrogens is 267 g/mol. The summed E-state index contributed by atoms with van der Waals surface area (Å²) >= 11 is 5.62. The second-order valence-corrected chi connectivity index (χ2v) is 8.33. The minimum absolute atomic E-state index is 0.767. The minimum Gasteiger partial charge on any atom is -0.295 e. The number of nitrogens with one attached hydrogen (secondary N) is 1. The molecule has 1 aromatic carbocycles. The molecule has 8 heteroatoms. The van der Waals surface area contributed by atoms with E-state index in [1.54, 1.807) is 16.6 Å². The molecule has 0 saturated carbocycles. The third kappa shape index (κ3) is 2.15. The monoisotopic (exact) mass is 284 g/mol. The van der Waals surface area contributed by atoms with Crippen LogP contribution < -0.4 is 11.3 Å². The molecule has 1 unspecified atom stereocenters. The summed E-state index contributed by atoms with van der Waals surface area (Å²) in [6.45, 7) is -2.21. The van der Waals surface area contributed by atoms with Gasteiger partial charge in [0, 0.05) is 26.7 Å². The van der Waals surface area contributed by atoms with E-state index in [1.165, 1.54) is 0 Å². The van der Waals surface area contributed by atoms with Gasteiger partial charge in [0.1, 0.15) is 0 Å². The molecule has 98 valence electrons. The van der Waals surface area contributed by atoms with E-state index >= 15 is 0 Å². The highest BCUT2D eigenvalue weighted by Gasteiger charge is 2.35. The van der Waals surface area contributed by atoms with E-state index in [9.17, 15) is 0 Å². The first-order valence-electron chi connectivity index (χ1n) is 5.44. The highest BCUT2D eigenvalue weighted by Crippen LogP contribution is 2.53. The number of hydrogen-bond acceptors (Lipinski definition) is 4. The van der Waals surface area contributed by atoms with Gasteiger partial charge in [-0.2, -0.15) is 14.7 Å². The topological polar surface area (TPSA) is 60.1 Å². The quantitative estimate of drug-likeness (QED) is 0.475. The van der Waals surface area contributed by atoms with Crippen molar-refractivity contribution in [2.45, 2.75) is 0 Å². The van der Waals surface area contributed by atoms with Crippen LogP contribution in [0.5, 0.6) is 0 Å². The summed E-state index contributed by atoms with van der Waals surface area (Å²) in [5.41, 5.74) is 4.21. The molecule has 0 fully saturated rings. The summed E-state index contributed by atoms with van der Waals surface area (Å²) in [6.07, 6.45) is 0. The predicted molar refractivity (Wildman–Crippen MR) is 77.9 cm³/mol. The average Bonchev–Trinajstić information content (AvgIpc) is 2.36. The largest absolute Gasteiger partial charge is 0.295 e. The van der Waals surface area contributed by atoms with Crippen LogP contribution in [-0.4, -0.2) is 41.3 Å². The lowest BCUT2D eigenvalue weighted by Crippen LogP contribution is -2.50. The zero-order chi connectivity index (χ0) is 13.3. The van der Waals surface area contributed by atoms with Crippen LogP contribution in [0.3, 0.4) is 0 Å². The molecule has 0 bridgehead atoms. The van der Waals surface area contributed by atoms with Crippen LogP contribution in [-0.2, 0) is 11.8 Å². The molecule has 18 heavy (non-hydrogen) atoms. The second-order valence-electron chi connectivity index (χ2n) is 4.03. The summed E-state index contributed by atoms with van der Waals surface area (Å²) in [7, 11) is 5.50. The van der Waals surface area contributed by atoms with Gasteiger partial charge in [0.25, 0.3) is 0 Å². The van der Waals surface area contributed by atoms with Crippen LogP contribution >= 0.6 is 6.49 Å². The van der Waals surface area contributed by atoms with Gasteiger partial charge >= 0.3 is 0 Å². The van der Waals surface area contributed by atoms with Crippen LogP contribution in [0.15, 0.2) is 35.4 Å². The van der Waals surface area contributed by atoms with Gasteiger partial charge in [-0.05, 0) is 11.8 Å². The maximum atomic E-state index is 5.85. The Morgan fingerprint density at radius 2 is 1.94 bits per heavy atom. The van der Waals surface area contributed by atoms with Crippen LogP contribution in [0.1, 0.15) is 5.56 Å². The fourth-order valence-electron chi connectivity index (χ4n) is 1.77. The Balaban J connectivity index is 2.38. The Labute approximate surface area is 112 Å². The minimum atomic E-state index is -2.21. The number of nitrogens with zero attached hydrogens (tertiary/aromatic N) is 4. The number of hydrogen-bond donors (Lipinski definition) is 2. The van der Waals surface area contributed by atoms with Gasteiger partial charge in [0.05, 0.1) is 0 Å². The number of nitrogens with two attached hydrogens (primary N) is 1. The SMILES string of the molecule is CN(N)P1(=S)N(C)N=C(c2ccccc2)NN1C. The van der Waals surface area contributed by atoms with E-state index in [0.717, 1.165) is 11.4 Å². The predicted octanol–water partition coefficient (Wildman–Crippen LogP) is 0.760. The van der Waals surface area contributed by atoms with Crippen LogP contribution in [0.2, 0.25) is 0 Å². The molecule has 1 atom stereocenters. The van der Waals surface area contributed by atoms with Gasteiger partial charge in [-0.25, -0.2) is 4.78 Å². The third-order valence-electron chi connectivity index (χ3n) is 2.74. The van der Waals surface area contributed by atoms with Gasteiger partial charge in [-0.3, -0.25) is 11.3 Å². The van der Waals surface area contributed by atoms with E-state index in [2.05, 4.69) is 10.5 Å². The van der Waals surface area contributed by atoms with Crippen molar-refractivity contribution in [2.24, 2.45) is 10.9 Å². The number of benzene rings is 1. The summed E-state index contributed by atoms with van der Waals surface area (Å²) in [5.74, 6) is 6.62. The van der Waals surface area contributed by atoms with Crippen molar-refractivity contribution < 1.29 is 0 Å². The van der Waals surface area contributed by atoms with E-state index < -0.39 is 6.49 Å². The molecule has 6 nitrogen and oxygen atoms in total. The lowest BCUT2D eigenvalue weighted by atomic mass is 10.2. The number of hydrazine groups is 2. The maximum Gasteiger partial charge on any atom is 0.215 e. The molecule has 0 radical (unpaired) electrons. The smallest absolute Gasteiger partial charge is 0.215 e. The van der Waals surface area contributed by atoms with Gasteiger partial charge in [0.2, 0.25) is 6.49 Å². The third-order valence-corrected chi connectivity index (χ3v) is 7.50. The standard InChI is InChI=1S/C10H17N6PS/c1-14(11)17(18)15(2)12-10(13-16(17)3)9-7-5-4-6-8-9/h4-8H,11H2,1-3H3,(H,12,13). The van der Waals surface area contributed by atoms with E-state index in [-0.39, 0.29) is 0 Å². The molecule has 1 heterocycles. The van der Waals surface area contributed by atoms with Crippen LogP contribution in [0.4, 0.5) is 0 Å². The lowest BCUT2D eigenvalue weighted by Gasteiger charge is -2.44. The maximum absolute atomic E-state index is 5.85. The Morgan fingerprint density at radius 3 is 2.44 bits per heavy atom. The van der Waals surface area contributed by atoms with Crippen LogP contribution in [0, 0.1) is 0 Å². The molecule has 1 aliphatic rings. The summed E-state index contributed by atoms with van der Waals surface area (Å²) in [5, 5.41) is 4.50. The Kier molecular flexibility index (Phi) is 3.70. The number of hydrazone groups is 1. The zero-order valence-electron chi connectivity index (χ0n) is 10.6. The van der Waals surface area contributed by atoms with Gasteiger partial charge in [0.15, 0.2) is 5.84 Å². The van der Waals surface area contributed by atoms with Crippen molar-refractivity contribution in [1.82, 2.24) is 19.8 Å². The Hall–Kier alpha value is -0.980. The first-order valence-corrected chi connectivity index (χ1v) is 8.10. The van der Waals surface area contributed by atoms with E-state index in [4.69, 9.17) is 17.6 Å². The van der Waals surface area contributed by atoms with Crippen molar-refractivity contribution in [3.8, 4) is 0 Å². The first kappa shape index (κ1) is 13.5. The molecule has 1 aromatic rings. The summed E-state index contributed by atoms with van der Waals surface area (Å²) in [6, 6.07) is 9.90. The molecule has 2 rings (SSSR count). The zero-order valence-corrected chi connectivity index (χ0v) is 12.3.